The summed E-state index contributed by atoms with van der Waals surface area (Å²) in [6, 6.07) is -0.0376. The first-order valence-electron chi connectivity index (χ1n) is 6.74. The van der Waals surface area contributed by atoms with Crippen molar-refractivity contribution in [3.8, 4) is 0 Å². The van der Waals surface area contributed by atoms with Gasteiger partial charge in [-0.05, 0) is 25.8 Å². The Bertz CT molecular complexity index is 188. The summed E-state index contributed by atoms with van der Waals surface area (Å²) in [6.07, 6.45) is 9.26. The summed E-state index contributed by atoms with van der Waals surface area (Å²) in [4.78, 5) is 11.6. The first-order valence-corrected chi connectivity index (χ1v) is 6.74. The molecule has 0 amide bonds. The van der Waals surface area contributed by atoms with Crippen LogP contribution < -0.4 is 5.32 Å². The van der Waals surface area contributed by atoms with Crippen molar-refractivity contribution in [1.82, 2.24) is 5.32 Å². The molecule has 16 heavy (non-hydrogen) atoms. The van der Waals surface area contributed by atoms with E-state index < -0.39 is 0 Å². The zero-order chi connectivity index (χ0) is 11.6. The van der Waals surface area contributed by atoms with E-state index in [0.717, 1.165) is 25.8 Å². The van der Waals surface area contributed by atoms with E-state index in [4.69, 9.17) is 4.74 Å². The van der Waals surface area contributed by atoms with Crippen LogP contribution in [0.5, 0.6) is 0 Å². The molecular weight excluding hydrogens is 202 g/mol. The predicted molar refractivity (Wildman–Crippen MR) is 65.4 cm³/mol. The molecule has 3 heteroatoms. The Hall–Kier alpha value is -0.570. The van der Waals surface area contributed by atoms with Crippen molar-refractivity contribution < 1.29 is 9.53 Å². The molecule has 0 bridgehead atoms. The van der Waals surface area contributed by atoms with Gasteiger partial charge in [0.2, 0.25) is 0 Å². The molecular formula is C13H25NO2. The van der Waals surface area contributed by atoms with Crippen molar-refractivity contribution in [2.75, 3.05) is 13.2 Å². The SMILES string of the molecule is CCCCCCCOC(=O)C1CCCCN1. The van der Waals surface area contributed by atoms with Gasteiger partial charge in [-0.3, -0.25) is 4.79 Å². The lowest BCUT2D eigenvalue weighted by molar-refractivity contribution is -0.146. The Morgan fingerprint density at radius 3 is 2.75 bits per heavy atom. The van der Waals surface area contributed by atoms with Crippen molar-refractivity contribution in [2.45, 2.75) is 64.3 Å². The zero-order valence-corrected chi connectivity index (χ0v) is 10.5. The van der Waals surface area contributed by atoms with Gasteiger partial charge >= 0.3 is 5.97 Å². The van der Waals surface area contributed by atoms with Gasteiger partial charge in [-0.1, -0.05) is 39.0 Å². The minimum atomic E-state index is -0.0461. The number of piperidine rings is 1. The topological polar surface area (TPSA) is 38.3 Å². The summed E-state index contributed by atoms with van der Waals surface area (Å²) in [6.45, 7) is 3.76. The molecule has 1 atom stereocenters. The molecule has 1 saturated heterocycles. The molecule has 0 spiro atoms. The fourth-order valence-corrected chi connectivity index (χ4v) is 2.03. The van der Waals surface area contributed by atoms with E-state index >= 15 is 0 Å². The molecule has 1 rings (SSSR count). The van der Waals surface area contributed by atoms with Crippen LogP contribution in [0.4, 0.5) is 0 Å². The highest BCUT2D eigenvalue weighted by Crippen LogP contribution is 2.09. The molecule has 0 aromatic carbocycles. The number of ether oxygens (including phenoxy) is 1. The molecule has 0 saturated carbocycles. The largest absolute Gasteiger partial charge is 0.465 e. The summed E-state index contributed by atoms with van der Waals surface area (Å²) >= 11 is 0. The van der Waals surface area contributed by atoms with E-state index in [0.29, 0.717) is 6.61 Å². The number of hydrogen-bond donors (Lipinski definition) is 1. The molecule has 1 aliphatic rings. The van der Waals surface area contributed by atoms with E-state index in [9.17, 15) is 4.79 Å². The van der Waals surface area contributed by atoms with Crippen molar-refractivity contribution in [1.29, 1.82) is 0 Å². The molecule has 0 aromatic rings. The number of unbranched alkanes of at least 4 members (excludes halogenated alkanes) is 4. The fraction of sp³-hybridized carbons (Fsp3) is 0.923. The molecule has 0 radical (unpaired) electrons. The van der Waals surface area contributed by atoms with Crippen LogP contribution in [0, 0.1) is 0 Å². The van der Waals surface area contributed by atoms with Crippen molar-refractivity contribution >= 4 is 5.97 Å². The lowest BCUT2D eigenvalue weighted by Gasteiger charge is -2.21. The summed E-state index contributed by atoms with van der Waals surface area (Å²) in [5.74, 6) is -0.0461. The first kappa shape index (κ1) is 13.5. The summed E-state index contributed by atoms with van der Waals surface area (Å²) in [5.41, 5.74) is 0. The lowest BCUT2D eigenvalue weighted by Crippen LogP contribution is -2.41. The summed E-state index contributed by atoms with van der Waals surface area (Å²) in [7, 11) is 0. The molecule has 94 valence electrons. The van der Waals surface area contributed by atoms with Gasteiger partial charge in [-0.15, -0.1) is 0 Å². The Balaban J connectivity index is 1.97. The molecule has 1 unspecified atom stereocenters. The maximum absolute atomic E-state index is 11.6. The molecule has 1 heterocycles. The van der Waals surface area contributed by atoms with E-state index in [-0.39, 0.29) is 12.0 Å². The Morgan fingerprint density at radius 2 is 2.06 bits per heavy atom. The number of carbonyl (C=O) groups is 1. The van der Waals surface area contributed by atoms with Gasteiger partial charge in [0.05, 0.1) is 6.61 Å². The maximum Gasteiger partial charge on any atom is 0.323 e. The molecule has 1 aliphatic heterocycles. The molecule has 1 N–H and O–H groups in total. The molecule has 0 aliphatic carbocycles. The van der Waals surface area contributed by atoms with E-state index in [1.54, 1.807) is 0 Å². The van der Waals surface area contributed by atoms with Gasteiger partial charge in [0.1, 0.15) is 6.04 Å². The molecule has 3 nitrogen and oxygen atoms in total. The number of carbonyl (C=O) groups excluding carboxylic acids is 1. The van der Waals surface area contributed by atoms with Crippen molar-refractivity contribution in [3.63, 3.8) is 0 Å². The third-order valence-corrected chi connectivity index (χ3v) is 3.09. The Labute approximate surface area is 98.9 Å². The van der Waals surface area contributed by atoms with Crippen LogP contribution >= 0.6 is 0 Å². The number of rotatable bonds is 7. The van der Waals surface area contributed by atoms with Gasteiger partial charge < -0.3 is 10.1 Å². The van der Waals surface area contributed by atoms with Crippen LogP contribution in [0.15, 0.2) is 0 Å². The number of esters is 1. The zero-order valence-electron chi connectivity index (χ0n) is 10.5. The normalized spacial score (nSPS) is 20.7. The molecule has 1 fully saturated rings. The quantitative estimate of drug-likeness (QED) is 0.537. The highest BCUT2D eigenvalue weighted by atomic mass is 16.5. The van der Waals surface area contributed by atoms with Crippen molar-refractivity contribution in [3.05, 3.63) is 0 Å². The molecule has 0 aromatic heterocycles. The van der Waals surface area contributed by atoms with Crippen LogP contribution in [-0.4, -0.2) is 25.2 Å². The second-order valence-electron chi connectivity index (χ2n) is 4.58. The Morgan fingerprint density at radius 1 is 1.25 bits per heavy atom. The first-order chi connectivity index (χ1) is 7.84. The predicted octanol–water partition coefficient (Wildman–Crippen LogP) is 2.64. The van der Waals surface area contributed by atoms with Crippen LogP contribution in [-0.2, 0) is 9.53 Å². The highest BCUT2D eigenvalue weighted by molar-refractivity contribution is 5.75. The fourth-order valence-electron chi connectivity index (χ4n) is 2.03. The van der Waals surface area contributed by atoms with E-state index in [1.807, 2.05) is 0 Å². The van der Waals surface area contributed by atoms with Crippen LogP contribution in [0.25, 0.3) is 0 Å². The third-order valence-electron chi connectivity index (χ3n) is 3.09. The van der Waals surface area contributed by atoms with Crippen molar-refractivity contribution in [2.24, 2.45) is 0 Å². The highest BCUT2D eigenvalue weighted by Gasteiger charge is 2.21. The van der Waals surface area contributed by atoms with Gasteiger partial charge in [0.15, 0.2) is 0 Å². The second-order valence-corrected chi connectivity index (χ2v) is 4.58. The van der Waals surface area contributed by atoms with Gasteiger partial charge in [-0.25, -0.2) is 0 Å². The van der Waals surface area contributed by atoms with Crippen LogP contribution in [0.3, 0.4) is 0 Å². The average molecular weight is 227 g/mol. The van der Waals surface area contributed by atoms with Gasteiger partial charge in [0, 0.05) is 0 Å². The van der Waals surface area contributed by atoms with E-state index in [2.05, 4.69) is 12.2 Å². The second kappa shape index (κ2) is 8.57. The van der Waals surface area contributed by atoms with Gasteiger partial charge in [0.25, 0.3) is 0 Å². The standard InChI is InChI=1S/C13H25NO2/c1-2-3-4-5-8-11-16-13(15)12-9-6-7-10-14-12/h12,14H,2-11H2,1H3. The third kappa shape index (κ3) is 5.50. The van der Waals surface area contributed by atoms with Crippen LogP contribution in [0.1, 0.15) is 58.3 Å². The smallest absolute Gasteiger partial charge is 0.323 e. The Kier molecular flexibility index (Phi) is 7.23. The van der Waals surface area contributed by atoms with Gasteiger partial charge in [-0.2, -0.15) is 0 Å². The minimum absolute atomic E-state index is 0.0376. The van der Waals surface area contributed by atoms with E-state index in [1.165, 1.54) is 32.1 Å². The number of nitrogens with one attached hydrogen (secondary N) is 1. The summed E-state index contributed by atoms with van der Waals surface area (Å²) in [5, 5.41) is 3.21. The lowest BCUT2D eigenvalue weighted by atomic mass is 10.1. The number of hydrogen-bond acceptors (Lipinski definition) is 3. The summed E-state index contributed by atoms with van der Waals surface area (Å²) < 4.78 is 5.26. The minimum Gasteiger partial charge on any atom is -0.465 e. The average Bonchev–Trinajstić information content (AvgIpc) is 2.34. The van der Waals surface area contributed by atoms with Crippen LogP contribution in [0.2, 0.25) is 0 Å². The monoisotopic (exact) mass is 227 g/mol. The maximum atomic E-state index is 11.6.